The Bertz CT molecular complexity index is 1340. The molecule has 2 aromatic heterocycles. The van der Waals surface area contributed by atoms with Crippen molar-refractivity contribution in [2.75, 3.05) is 37.6 Å². The largest absolute Gasteiger partial charge is 0.338 e. The smallest absolute Gasteiger partial charge is 0.278 e. The molecule has 8 heteroatoms. The molecule has 8 nitrogen and oxygen atoms in total. The minimum absolute atomic E-state index is 0.139. The third-order valence-electron chi connectivity index (χ3n) is 6.11. The standard InChI is InChI=1S/C25H26N6O2/c32-23-21-10-4-5-11-22(21)24(33)31(20-8-2-1-3-9-20)30(23)15-7-14-28-16-18-29(19-17-28)25-26-12-6-13-27-25/h1-6,8-13H,7,14-19H2. The lowest BCUT2D eigenvalue weighted by Gasteiger charge is -2.34. The lowest BCUT2D eigenvalue weighted by atomic mass is 10.2. The van der Waals surface area contributed by atoms with Crippen LogP contribution in [-0.2, 0) is 6.54 Å². The maximum atomic E-state index is 13.3. The third-order valence-corrected chi connectivity index (χ3v) is 6.11. The minimum atomic E-state index is -0.173. The van der Waals surface area contributed by atoms with Crippen LogP contribution in [0.3, 0.4) is 0 Å². The van der Waals surface area contributed by atoms with Crippen LogP contribution < -0.4 is 16.0 Å². The van der Waals surface area contributed by atoms with Gasteiger partial charge in [0.15, 0.2) is 0 Å². The molecule has 1 fully saturated rings. The molecule has 0 radical (unpaired) electrons. The van der Waals surface area contributed by atoms with Crippen LogP contribution in [-0.4, -0.2) is 57.0 Å². The SMILES string of the molecule is O=c1c2ccccc2c(=O)n(-c2ccccc2)n1CCCN1CCN(c2ncccn2)CC1. The van der Waals surface area contributed by atoms with Gasteiger partial charge in [-0.3, -0.25) is 14.5 Å². The Hall–Kier alpha value is -3.78. The zero-order valence-electron chi connectivity index (χ0n) is 18.4. The van der Waals surface area contributed by atoms with E-state index >= 15 is 0 Å². The number of piperazine rings is 1. The van der Waals surface area contributed by atoms with Gasteiger partial charge in [0.1, 0.15) is 0 Å². The van der Waals surface area contributed by atoms with Gasteiger partial charge in [0.25, 0.3) is 11.1 Å². The summed E-state index contributed by atoms with van der Waals surface area (Å²) in [7, 11) is 0. The summed E-state index contributed by atoms with van der Waals surface area (Å²) in [5.41, 5.74) is 0.384. The second kappa shape index (κ2) is 9.38. The van der Waals surface area contributed by atoms with Gasteiger partial charge in [-0.15, -0.1) is 0 Å². The third kappa shape index (κ3) is 4.29. The van der Waals surface area contributed by atoms with Gasteiger partial charge < -0.3 is 4.90 Å². The quantitative estimate of drug-likeness (QED) is 0.456. The van der Waals surface area contributed by atoms with Gasteiger partial charge in [-0.1, -0.05) is 30.3 Å². The second-order valence-electron chi connectivity index (χ2n) is 8.16. The van der Waals surface area contributed by atoms with E-state index in [2.05, 4.69) is 19.8 Å². The van der Waals surface area contributed by atoms with Crippen LogP contribution >= 0.6 is 0 Å². The van der Waals surface area contributed by atoms with Crippen molar-refractivity contribution in [3.8, 4) is 5.69 Å². The van der Waals surface area contributed by atoms with Crippen molar-refractivity contribution in [3.05, 3.63) is 93.8 Å². The first-order valence-corrected chi connectivity index (χ1v) is 11.3. The van der Waals surface area contributed by atoms with E-state index in [-0.39, 0.29) is 11.1 Å². The van der Waals surface area contributed by atoms with E-state index < -0.39 is 0 Å². The highest BCUT2D eigenvalue weighted by atomic mass is 16.2. The van der Waals surface area contributed by atoms with Crippen LogP contribution in [0.15, 0.2) is 82.6 Å². The molecule has 1 aliphatic rings. The van der Waals surface area contributed by atoms with Gasteiger partial charge in [-0.25, -0.2) is 19.3 Å². The fourth-order valence-corrected chi connectivity index (χ4v) is 4.41. The second-order valence-corrected chi connectivity index (χ2v) is 8.16. The van der Waals surface area contributed by atoms with E-state index in [9.17, 15) is 9.59 Å². The Kier molecular flexibility index (Phi) is 5.99. The predicted molar refractivity (Wildman–Crippen MR) is 129 cm³/mol. The molecular weight excluding hydrogens is 416 g/mol. The molecular formula is C25H26N6O2. The summed E-state index contributed by atoms with van der Waals surface area (Å²) in [4.78, 5) is 39.9. The van der Waals surface area contributed by atoms with Crippen LogP contribution in [0.4, 0.5) is 5.95 Å². The molecule has 1 saturated heterocycles. The molecule has 168 valence electrons. The summed E-state index contributed by atoms with van der Waals surface area (Å²) in [5.74, 6) is 0.770. The van der Waals surface area contributed by atoms with Gasteiger partial charge >= 0.3 is 0 Å². The molecule has 0 unspecified atom stereocenters. The fourth-order valence-electron chi connectivity index (χ4n) is 4.41. The number of anilines is 1. The molecule has 5 rings (SSSR count). The molecule has 1 aliphatic heterocycles. The van der Waals surface area contributed by atoms with Crippen molar-refractivity contribution >= 4 is 16.7 Å². The Morgan fingerprint density at radius 1 is 0.697 bits per heavy atom. The predicted octanol–water partition coefficient (Wildman–Crippen LogP) is 2.15. The Labute approximate surface area is 191 Å². The van der Waals surface area contributed by atoms with Gasteiger partial charge in [-0.05, 0) is 36.8 Å². The fraction of sp³-hybridized carbons (Fsp3) is 0.280. The number of fused-ring (bicyclic) bond motifs is 1. The number of hydrogen-bond donors (Lipinski definition) is 0. The van der Waals surface area contributed by atoms with Gasteiger partial charge in [-0.2, -0.15) is 0 Å². The monoisotopic (exact) mass is 442 g/mol. The van der Waals surface area contributed by atoms with Crippen molar-refractivity contribution in [1.29, 1.82) is 0 Å². The lowest BCUT2D eigenvalue weighted by molar-refractivity contribution is 0.246. The van der Waals surface area contributed by atoms with Gasteiger partial charge in [0.2, 0.25) is 5.95 Å². The molecule has 0 aliphatic carbocycles. The molecule has 0 spiro atoms. The molecule has 0 atom stereocenters. The van der Waals surface area contributed by atoms with Crippen molar-refractivity contribution in [2.45, 2.75) is 13.0 Å². The summed E-state index contributed by atoms with van der Waals surface area (Å²) in [6.45, 7) is 4.89. The average Bonchev–Trinajstić information content (AvgIpc) is 2.88. The van der Waals surface area contributed by atoms with E-state index in [0.717, 1.165) is 45.1 Å². The van der Waals surface area contributed by atoms with Crippen molar-refractivity contribution in [2.24, 2.45) is 0 Å². The van der Waals surface area contributed by atoms with E-state index in [0.29, 0.717) is 23.0 Å². The van der Waals surface area contributed by atoms with Crippen LogP contribution in [0, 0.1) is 0 Å². The summed E-state index contributed by atoms with van der Waals surface area (Å²) < 4.78 is 3.11. The Balaban J connectivity index is 1.34. The van der Waals surface area contributed by atoms with E-state index in [1.807, 2.05) is 36.4 Å². The molecule has 0 amide bonds. The van der Waals surface area contributed by atoms with Crippen LogP contribution in [0.25, 0.3) is 16.5 Å². The number of para-hydroxylation sites is 1. The van der Waals surface area contributed by atoms with E-state index in [4.69, 9.17) is 0 Å². The molecule has 2 aromatic carbocycles. The maximum absolute atomic E-state index is 13.3. The molecule has 0 N–H and O–H groups in total. The highest BCUT2D eigenvalue weighted by Gasteiger charge is 2.19. The number of aromatic nitrogens is 4. The average molecular weight is 443 g/mol. The molecule has 33 heavy (non-hydrogen) atoms. The summed E-state index contributed by atoms with van der Waals surface area (Å²) in [6.07, 6.45) is 4.30. The number of hydrogen-bond acceptors (Lipinski definition) is 6. The minimum Gasteiger partial charge on any atom is -0.338 e. The summed E-state index contributed by atoms with van der Waals surface area (Å²) in [6, 6.07) is 18.2. The van der Waals surface area contributed by atoms with Crippen LogP contribution in [0.2, 0.25) is 0 Å². The molecule has 0 bridgehead atoms. The first kappa shape index (κ1) is 21.1. The molecule has 4 aromatic rings. The van der Waals surface area contributed by atoms with Crippen molar-refractivity contribution in [1.82, 2.24) is 24.2 Å². The zero-order chi connectivity index (χ0) is 22.6. The normalized spacial score (nSPS) is 14.6. The molecule has 3 heterocycles. The van der Waals surface area contributed by atoms with E-state index in [1.54, 1.807) is 41.3 Å². The van der Waals surface area contributed by atoms with E-state index in [1.165, 1.54) is 4.68 Å². The van der Waals surface area contributed by atoms with Crippen molar-refractivity contribution < 1.29 is 0 Å². The number of rotatable bonds is 6. The van der Waals surface area contributed by atoms with Gasteiger partial charge in [0, 0.05) is 51.7 Å². The highest BCUT2D eigenvalue weighted by Crippen LogP contribution is 2.12. The number of nitrogens with zero attached hydrogens (tertiary/aromatic N) is 6. The maximum Gasteiger partial charge on any atom is 0.278 e. The van der Waals surface area contributed by atoms with Crippen LogP contribution in [0.1, 0.15) is 6.42 Å². The first-order chi connectivity index (χ1) is 16.2. The topological polar surface area (TPSA) is 76.3 Å². The summed E-state index contributed by atoms with van der Waals surface area (Å²) >= 11 is 0. The Morgan fingerprint density at radius 2 is 1.33 bits per heavy atom. The van der Waals surface area contributed by atoms with Crippen molar-refractivity contribution in [3.63, 3.8) is 0 Å². The highest BCUT2D eigenvalue weighted by molar-refractivity contribution is 5.80. The van der Waals surface area contributed by atoms with Crippen LogP contribution in [0.5, 0.6) is 0 Å². The molecule has 0 saturated carbocycles. The zero-order valence-corrected chi connectivity index (χ0v) is 18.4. The number of benzene rings is 2. The Morgan fingerprint density at radius 3 is 2.03 bits per heavy atom. The summed E-state index contributed by atoms with van der Waals surface area (Å²) in [5, 5.41) is 0.910. The lowest BCUT2D eigenvalue weighted by Crippen LogP contribution is -2.47. The van der Waals surface area contributed by atoms with Gasteiger partial charge in [0.05, 0.1) is 16.5 Å². The first-order valence-electron chi connectivity index (χ1n) is 11.3.